The Morgan fingerprint density at radius 1 is 1.30 bits per heavy atom. The molecule has 0 aromatic heterocycles. The number of hydrogen-bond acceptors (Lipinski definition) is 2. The van der Waals surface area contributed by atoms with E-state index < -0.39 is 28.9 Å². The zero-order chi connectivity index (χ0) is 17.0. The van der Waals surface area contributed by atoms with Crippen molar-refractivity contribution in [3.8, 4) is 5.75 Å². The summed E-state index contributed by atoms with van der Waals surface area (Å²) in [6.45, 7) is 3.86. The molecule has 2 aliphatic rings. The lowest BCUT2D eigenvalue weighted by atomic mass is 9.56. The SMILES string of the molecule is CC(C)(C[C@@]1(C(F)(F)F)CC[C@@H]1N)c1cc(F)cc2c1OCC2. The predicted molar refractivity (Wildman–Crippen MR) is 78.9 cm³/mol. The van der Waals surface area contributed by atoms with Gasteiger partial charge in [0, 0.05) is 23.6 Å². The van der Waals surface area contributed by atoms with Crippen LogP contribution in [0.3, 0.4) is 0 Å². The van der Waals surface area contributed by atoms with Gasteiger partial charge in [0.15, 0.2) is 0 Å². The summed E-state index contributed by atoms with van der Waals surface area (Å²) in [4.78, 5) is 0. The van der Waals surface area contributed by atoms with Crippen molar-refractivity contribution in [1.82, 2.24) is 0 Å². The van der Waals surface area contributed by atoms with E-state index in [0.29, 0.717) is 30.8 Å². The van der Waals surface area contributed by atoms with Gasteiger partial charge in [-0.15, -0.1) is 0 Å². The Kier molecular flexibility index (Phi) is 3.67. The van der Waals surface area contributed by atoms with Crippen LogP contribution in [0.2, 0.25) is 0 Å². The lowest BCUT2D eigenvalue weighted by Crippen LogP contribution is -2.61. The Morgan fingerprint density at radius 3 is 2.52 bits per heavy atom. The van der Waals surface area contributed by atoms with Crippen LogP contribution in [0.15, 0.2) is 12.1 Å². The summed E-state index contributed by atoms with van der Waals surface area (Å²) in [5.41, 5.74) is 4.20. The lowest BCUT2D eigenvalue weighted by Gasteiger charge is -2.52. The van der Waals surface area contributed by atoms with Gasteiger partial charge in [0.05, 0.1) is 12.0 Å². The van der Waals surface area contributed by atoms with Gasteiger partial charge in [-0.25, -0.2) is 4.39 Å². The van der Waals surface area contributed by atoms with Crippen molar-refractivity contribution in [2.24, 2.45) is 11.1 Å². The maximum atomic E-state index is 13.9. The molecule has 0 bridgehead atoms. The van der Waals surface area contributed by atoms with Gasteiger partial charge in [0.1, 0.15) is 11.6 Å². The van der Waals surface area contributed by atoms with Crippen LogP contribution in [-0.4, -0.2) is 18.8 Å². The van der Waals surface area contributed by atoms with Crippen molar-refractivity contribution in [2.45, 2.75) is 57.2 Å². The maximum absolute atomic E-state index is 13.9. The van der Waals surface area contributed by atoms with Gasteiger partial charge in [-0.3, -0.25) is 0 Å². The van der Waals surface area contributed by atoms with Crippen LogP contribution in [0.4, 0.5) is 17.6 Å². The van der Waals surface area contributed by atoms with Crippen LogP contribution in [-0.2, 0) is 11.8 Å². The molecule has 1 heterocycles. The molecule has 1 aliphatic carbocycles. The second kappa shape index (κ2) is 5.10. The van der Waals surface area contributed by atoms with E-state index in [9.17, 15) is 17.6 Å². The maximum Gasteiger partial charge on any atom is 0.396 e. The molecule has 2 N–H and O–H groups in total. The average Bonchev–Trinajstić information content (AvgIpc) is 2.88. The van der Waals surface area contributed by atoms with Gasteiger partial charge in [-0.05, 0) is 36.8 Å². The molecule has 23 heavy (non-hydrogen) atoms. The average molecular weight is 331 g/mol. The van der Waals surface area contributed by atoms with Crippen LogP contribution in [0.25, 0.3) is 0 Å². The first kappa shape index (κ1) is 16.6. The summed E-state index contributed by atoms with van der Waals surface area (Å²) in [7, 11) is 0. The van der Waals surface area contributed by atoms with E-state index in [1.165, 1.54) is 12.1 Å². The van der Waals surface area contributed by atoms with Gasteiger partial charge < -0.3 is 10.5 Å². The molecule has 1 aliphatic heterocycles. The van der Waals surface area contributed by atoms with E-state index in [2.05, 4.69) is 0 Å². The molecule has 1 aromatic rings. The van der Waals surface area contributed by atoms with Crippen LogP contribution in [0, 0.1) is 11.2 Å². The molecule has 0 saturated heterocycles. The van der Waals surface area contributed by atoms with Gasteiger partial charge in [0.2, 0.25) is 0 Å². The molecule has 128 valence electrons. The van der Waals surface area contributed by atoms with E-state index >= 15 is 0 Å². The molecule has 1 aromatic carbocycles. The van der Waals surface area contributed by atoms with Crippen LogP contribution < -0.4 is 10.5 Å². The molecule has 2 atom stereocenters. The summed E-state index contributed by atoms with van der Waals surface area (Å²) in [5, 5.41) is 0. The van der Waals surface area contributed by atoms with Crippen molar-refractivity contribution in [1.29, 1.82) is 0 Å². The third-order valence-electron chi connectivity index (χ3n) is 5.41. The fraction of sp³-hybridized carbons (Fsp3) is 0.647. The number of nitrogens with two attached hydrogens (primary N) is 1. The zero-order valence-electron chi connectivity index (χ0n) is 13.3. The van der Waals surface area contributed by atoms with Crippen molar-refractivity contribution in [3.05, 3.63) is 29.1 Å². The Bertz CT molecular complexity index is 626. The van der Waals surface area contributed by atoms with E-state index in [0.717, 1.165) is 5.56 Å². The van der Waals surface area contributed by atoms with Crippen LogP contribution in [0.1, 0.15) is 44.2 Å². The first-order valence-electron chi connectivity index (χ1n) is 7.85. The minimum Gasteiger partial charge on any atom is -0.493 e. The number of halogens is 4. The fourth-order valence-electron chi connectivity index (χ4n) is 3.99. The number of benzene rings is 1. The van der Waals surface area contributed by atoms with Gasteiger partial charge in [-0.2, -0.15) is 13.2 Å². The highest BCUT2D eigenvalue weighted by molar-refractivity contribution is 5.48. The monoisotopic (exact) mass is 331 g/mol. The molecule has 0 radical (unpaired) electrons. The van der Waals surface area contributed by atoms with Gasteiger partial charge in [-0.1, -0.05) is 13.8 Å². The summed E-state index contributed by atoms with van der Waals surface area (Å²) in [5.74, 6) is 0.109. The third-order valence-corrected chi connectivity index (χ3v) is 5.41. The molecule has 2 nitrogen and oxygen atoms in total. The first-order chi connectivity index (χ1) is 10.6. The minimum atomic E-state index is -4.36. The summed E-state index contributed by atoms with van der Waals surface area (Å²) >= 11 is 0. The number of rotatable bonds is 3. The second-order valence-electron chi connectivity index (χ2n) is 7.40. The zero-order valence-corrected chi connectivity index (χ0v) is 13.3. The quantitative estimate of drug-likeness (QED) is 0.847. The van der Waals surface area contributed by atoms with E-state index in [1.807, 2.05) is 0 Å². The third kappa shape index (κ3) is 2.51. The highest BCUT2D eigenvalue weighted by Crippen LogP contribution is 2.58. The summed E-state index contributed by atoms with van der Waals surface area (Å²) < 4.78 is 60.3. The molecule has 0 spiro atoms. The highest BCUT2D eigenvalue weighted by Gasteiger charge is 2.64. The molecular weight excluding hydrogens is 310 g/mol. The van der Waals surface area contributed by atoms with Crippen molar-refractivity contribution >= 4 is 0 Å². The standard InChI is InChI=1S/C17H21F4NO/c1-15(2,9-16(17(19,20)21)5-3-13(16)22)12-8-11(18)7-10-4-6-23-14(10)12/h7-8,13H,3-6,9,22H2,1-2H3/t13-,16-/m0/s1. The predicted octanol–water partition coefficient (Wildman–Crippen LogP) is 4.10. The molecular formula is C17H21F4NO. The smallest absolute Gasteiger partial charge is 0.396 e. The largest absolute Gasteiger partial charge is 0.493 e. The van der Waals surface area contributed by atoms with Crippen molar-refractivity contribution in [3.63, 3.8) is 0 Å². The highest BCUT2D eigenvalue weighted by atomic mass is 19.4. The fourth-order valence-corrected chi connectivity index (χ4v) is 3.99. The molecule has 1 fully saturated rings. The van der Waals surface area contributed by atoms with Gasteiger partial charge >= 0.3 is 6.18 Å². The molecule has 0 amide bonds. The van der Waals surface area contributed by atoms with E-state index in [1.54, 1.807) is 13.8 Å². The molecule has 3 rings (SSSR count). The van der Waals surface area contributed by atoms with E-state index in [-0.39, 0.29) is 12.8 Å². The number of fused-ring (bicyclic) bond motifs is 1. The number of alkyl halides is 3. The second-order valence-corrected chi connectivity index (χ2v) is 7.40. The van der Waals surface area contributed by atoms with Crippen LogP contribution in [0.5, 0.6) is 5.75 Å². The Balaban J connectivity index is 2.00. The minimum absolute atomic E-state index is 0.0272. The Morgan fingerprint density at radius 2 is 2.00 bits per heavy atom. The topological polar surface area (TPSA) is 35.2 Å². The summed E-state index contributed by atoms with van der Waals surface area (Å²) in [6.07, 6.45) is -3.55. The normalized spacial score (nSPS) is 27.3. The lowest BCUT2D eigenvalue weighted by molar-refractivity contribution is -0.264. The van der Waals surface area contributed by atoms with E-state index in [4.69, 9.17) is 10.5 Å². The Hall–Kier alpha value is -1.30. The molecule has 0 unspecified atom stereocenters. The van der Waals surface area contributed by atoms with Crippen molar-refractivity contribution < 1.29 is 22.3 Å². The van der Waals surface area contributed by atoms with Crippen molar-refractivity contribution in [2.75, 3.05) is 6.61 Å². The van der Waals surface area contributed by atoms with Gasteiger partial charge in [0.25, 0.3) is 0 Å². The summed E-state index contributed by atoms with van der Waals surface area (Å²) in [6, 6.07) is 1.80. The molecule has 6 heteroatoms. The van der Waals surface area contributed by atoms with Crippen LogP contribution >= 0.6 is 0 Å². The first-order valence-corrected chi connectivity index (χ1v) is 7.85. The number of ether oxygens (including phenoxy) is 1. The molecule has 1 saturated carbocycles. The number of hydrogen-bond donors (Lipinski definition) is 1. The Labute approximate surface area is 133 Å².